The third-order valence-electron chi connectivity index (χ3n) is 3.52. The van der Waals surface area contributed by atoms with Gasteiger partial charge in [-0.2, -0.15) is 0 Å². The number of ether oxygens (including phenoxy) is 1. The lowest BCUT2D eigenvalue weighted by atomic mass is 10.0. The zero-order valence-electron chi connectivity index (χ0n) is 11.0. The maximum absolute atomic E-state index is 12.1. The summed E-state index contributed by atoms with van der Waals surface area (Å²) in [5, 5.41) is 10.0. The van der Waals surface area contributed by atoms with Crippen LogP contribution in [-0.2, 0) is 9.53 Å². The molecule has 0 aliphatic carbocycles. The molecular weight excluding hydrogens is 252 g/mol. The van der Waals surface area contributed by atoms with Gasteiger partial charge in [-0.1, -0.05) is 60.7 Å². The molecule has 20 heavy (non-hydrogen) atoms. The molecule has 0 aromatic heterocycles. The van der Waals surface area contributed by atoms with E-state index in [9.17, 15) is 9.90 Å². The van der Waals surface area contributed by atoms with E-state index in [1.165, 1.54) is 0 Å². The Balaban J connectivity index is 1.59. The summed E-state index contributed by atoms with van der Waals surface area (Å²) in [6.07, 6.45) is -1.22. The van der Waals surface area contributed by atoms with Gasteiger partial charge in [-0.15, -0.1) is 0 Å². The number of hydrogen-bond acceptors (Lipinski definition) is 3. The Morgan fingerprint density at radius 1 is 1.05 bits per heavy atom. The zero-order valence-corrected chi connectivity index (χ0v) is 11.0. The molecule has 2 aromatic carbocycles. The van der Waals surface area contributed by atoms with Crippen LogP contribution >= 0.6 is 0 Å². The van der Waals surface area contributed by atoms with E-state index in [2.05, 4.69) is 0 Å². The molecule has 3 nitrogen and oxygen atoms in total. The van der Waals surface area contributed by atoms with Crippen molar-refractivity contribution in [1.29, 1.82) is 0 Å². The second-order valence-corrected chi connectivity index (χ2v) is 4.98. The van der Waals surface area contributed by atoms with Gasteiger partial charge in [-0.25, -0.2) is 0 Å². The highest BCUT2D eigenvalue weighted by Crippen LogP contribution is 2.40. The first-order valence-electron chi connectivity index (χ1n) is 6.72. The number of benzene rings is 2. The van der Waals surface area contributed by atoms with Crippen LogP contribution < -0.4 is 0 Å². The summed E-state index contributed by atoms with van der Waals surface area (Å²) in [6, 6.07) is 18.9. The monoisotopic (exact) mass is 268 g/mol. The average molecular weight is 268 g/mol. The molecule has 1 aliphatic heterocycles. The first-order chi connectivity index (χ1) is 9.75. The van der Waals surface area contributed by atoms with Gasteiger partial charge >= 0.3 is 0 Å². The van der Waals surface area contributed by atoms with Gasteiger partial charge in [0.2, 0.25) is 0 Å². The molecule has 3 atom stereocenters. The standard InChI is InChI=1S/C17H16O3/c18-14(12-7-3-1-4-8-12)11-15(19)17-16(20-17)13-9-5-2-6-10-13/h1-10,14,16-18H,11H2/t14?,16-,17+/m1/s1. The highest BCUT2D eigenvalue weighted by molar-refractivity contribution is 5.86. The minimum absolute atomic E-state index is 0.0461. The van der Waals surface area contributed by atoms with Gasteiger partial charge in [0, 0.05) is 6.42 Å². The summed E-state index contributed by atoms with van der Waals surface area (Å²) < 4.78 is 5.44. The van der Waals surface area contributed by atoms with Crippen LogP contribution in [0.4, 0.5) is 0 Å². The first-order valence-corrected chi connectivity index (χ1v) is 6.72. The molecule has 0 amide bonds. The molecule has 3 heteroatoms. The number of ketones is 1. The molecule has 1 unspecified atom stereocenters. The fraction of sp³-hybridized carbons (Fsp3) is 0.235. The van der Waals surface area contributed by atoms with Crippen molar-refractivity contribution in [3.8, 4) is 0 Å². The summed E-state index contributed by atoms with van der Waals surface area (Å²) in [4.78, 5) is 12.1. The molecule has 1 aliphatic rings. The number of aliphatic hydroxyl groups is 1. The topological polar surface area (TPSA) is 49.8 Å². The van der Waals surface area contributed by atoms with Gasteiger partial charge in [0.05, 0.1) is 6.10 Å². The van der Waals surface area contributed by atoms with Crippen LogP contribution in [-0.4, -0.2) is 17.0 Å². The van der Waals surface area contributed by atoms with Crippen molar-refractivity contribution in [2.75, 3.05) is 0 Å². The molecule has 0 saturated carbocycles. The second-order valence-electron chi connectivity index (χ2n) is 4.98. The number of Topliss-reactive ketones (excluding diaryl/α,β-unsaturated/α-hetero) is 1. The van der Waals surface area contributed by atoms with Gasteiger partial charge in [-0.3, -0.25) is 4.79 Å². The van der Waals surface area contributed by atoms with Crippen molar-refractivity contribution in [3.05, 3.63) is 71.8 Å². The van der Waals surface area contributed by atoms with Gasteiger partial charge < -0.3 is 9.84 Å². The SMILES string of the molecule is O=C(CC(O)c1ccccc1)[C@@H]1O[C@@H]1c1ccccc1. The van der Waals surface area contributed by atoms with E-state index in [0.29, 0.717) is 0 Å². The Bertz CT molecular complexity index is 580. The van der Waals surface area contributed by atoms with Crippen molar-refractivity contribution in [1.82, 2.24) is 0 Å². The molecule has 0 spiro atoms. The third kappa shape index (κ3) is 2.79. The van der Waals surface area contributed by atoms with E-state index < -0.39 is 12.2 Å². The Hall–Kier alpha value is -1.97. The highest BCUT2D eigenvalue weighted by Gasteiger charge is 2.45. The minimum Gasteiger partial charge on any atom is -0.388 e. The van der Waals surface area contributed by atoms with Crippen LogP contribution in [0.5, 0.6) is 0 Å². The van der Waals surface area contributed by atoms with Crippen LogP contribution in [0, 0.1) is 0 Å². The highest BCUT2D eigenvalue weighted by atomic mass is 16.6. The van der Waals surface area contributed by atoms with Crippen molar-refractivity contribution >= 4 is 5.78 Å². The lowest BCUT2D eigenvalue weighted by Crippen LogP contribution is -2.12. The summed E-state index contributed by atoms with van der Waals surface area (Å²) >= 11 is 0. The average Bonchev–Trinajstić information content (AvgIpc) is 3.29. The quantitative estimate of drug-likeness (QED) is 0.848. The Kier molecular flexibility index (Phi) is 3.63. The largest absolute Gasteiger partial charge is 0.388 e. The summed E-state index contributed by atoms with van der Waals surface area (Å²) in [6.45, 7) is 0. The van der Waals surface area contributed by atoms with Crippen molar-refractivity contribution in [2.24, 2.45) is 0 Å². The van der Waals surface area contributed by atoms with Crippen LogP contribution in [0.25, 0.3) is 0 Å². The number of rotatable bonds is 5. The van der Waals surface area contributed by atoms with Crippen molar-refractivity contribution < 1.29 is 14.6 Å². The van der Waals surface area contributed by atoms with E-state index in [1.54, 1.807) is 0 Å². The maximum Gasteiger partial charge on any atom is 0.167 e. The molecular formula is C17H16O3. The van der Waals surface area contributed by atoms with Crippen LogP contribution in [0.2, 0.25) is 0 Å². The van der Waals surface area contributed by atoms with Gasteiger partial charge in [0.1, 0.15) is 12.2 Å². The van der Waals surface area contributed by atoms with E-state index >= 15 is 0 Å². The first kappa shape index (κ1) is 13.0. The lowest BCUT2D eigenvalue weighted by molar-refractivity contribution is -0.122. The fourth-order valence-corrected chi connectivity index (χ4v) is 2.35. The normalized spacial score (nSPS) is 22.2. The molecule has 2 aromatic rings. The van der Waals surface area contributed by atoms with Crippen LogP contribution in [0.1, 0.15) is 29.8 Å². The fourth-order valence-electron chi connectivity index (χ4n) is 2.35. The molecule has 0 bridgehead atoms. The summed E-state index contributed by atoms with van der Waals surface area (Å²) in [5.41, 5.74) is 1.78. The van der Waals surface area contributed by atoms with E-state index in [4.69, 9.17) is 4.74 Å². The number of aliphatic hydroxyl groups excluding tert-OH is 1. The molecule has 1 fully saturated rings. The predicted molar refractivity (Wildman–Crippen MR) is 75.1 cm³/mol. The number of carbonyl (C=O) groups excluding carboxylic acids is 1. The number of carbonyl (C=O) groups is 1. The summed E-state index contributed by atoms with van der Waals surface area (Å²) in [5.74, 6) is -0.0461. The lowest BCUT2D eigenvalue weighted by Gasteiger charge is -2.08. The predicted octanol–water partition coefficient (Wildman–Crippen LogP) is 2.82. The Morgan fingerprint density at radius 3 is 2.30 bits per heavy atom. The Labute approximate surface area is 117 Å². The molecule has 3 rings (SSSR count). The molecule has 1 saturated heterocycles. The van der Waals surface area contributed by atoms with E-state index in [0.717, 1.165) is 11.1 Å². The van der Waals surface area contributed by atoms with Crippen LogP contribution in [0.3, 0.4) is 0 Å². The Morgan fingerprint density at radius 2 is 1.65 bits per heavy atom. The zero-order chi connectivity index (χ0) is 13.9. The smallest absolute Gasteiger partial charge is 0.167 e. The number of hydrogen-bond donors (Lipinski definition) is 1. The number of epoxide rings is 1. The maximum atomic E-state index is 12.1. The molecule has 0 radical (unpaired) electrons. The second kappa shape index (κ2) is 5.57. The molecule has 1 N–H and O–H groups in total. The van der Waals surface area contributed by atoms with Gasteiger partial charge in [0.25, 0.3) is 0 Å². The third-order valence-corrected chi connectivity index (χ3v) is 3.52. The molecule has 1 heterocycles. The van der Waals surface area contributed by atoms with Gasteiger partial charge in [0.15, 0.2) is 5.78 Å². The van der Waals surface area contributed by atoms with E-state index in [1.807, 2.05) is 60.7 Å². The minimum atomic E-state index is -0.760. The van der Waals surface area contributed by atoms with Gasteiger partial charge in [-0.05, 0) is 11.1 Å². The molecule has 102 valence electrons. The van der Waals surface area contributed by atoms with Crippen LogP contribution in [0.15, 0.2) is 60.7 Å². The van der Waals surface area contributed by atoms with E-state index in [-0.39, 0.29) is 18.3 Å². The van der Waals surface area contributed by atoms with Crippen molar-refractivity contribution in [3.63, 3.8) is 0 Å². The van der Waals surface area contributed by atoms with Crippen molar-refractivity contribution in [2.45, 2.75) is 24.7 Å². The summed E-state index contributed by atoms with van der Waals surface area (Å²) in [7, 11) is 0.